The molecule has 0 spiro atoms. The normalized spacial score (nSPS) is 21.5. The Labute approximate surface area is 122 Å². The van der Waals surface area contributed by atoms with Crippen LogP contribution in [0.1, 0.15) is 48.4 Å². The van der Waals surface area contributed by atoms with Gasteiger partial charge in [0.1, 0.15) is 11.9 Å². The van der Waals surface area contributed by atoms with Crippen LogP contribution in [0, 0.1) is 11.3 Å². The fourth-order valence-electron chi connectivity index (χ4n) is 2.81. The number of anilines is 1. The highest BCUT2D eigenvalue weighted by Crippen LogP contribution is 2.39. The van der Waals surface area contributed by atoms with Gasteiger partial charge < -0.3 is 9.42 Å². The molecule has 1 saturated carbocycles. The first-order valence-electron chi connectivity index (χ1n) is 7.28. The second-order valence-electron chi connectivity index (χ2n) is 5.68. The lowest BCUT2D eigenvalue weighted by Crippen LogP contribution is -2.21. The largest absolute Gasteiger partial charge is 0.355 e. The molecule has 6 heteroatoms. The molecule has 3 heterocycles. The number of nitrogens with zero attached hydrogens (tertiary/aromatic N) is 5. The summed E-state index contributed by atoms with van der Waals surface area (Å²) in [7, 11) is 0. The second kappa shape index (κ2) is 4.85. The first-order chi connectivity index (χ1) is 10.3. The molecule has 106 valence electrons. The minimum absolute atomic E-state index is 0.235. The molecule has 2 aromatic rings. The first-order valence-corrected chi connectivity index (χ1v) is 7.28. The summed E-state index contributed by atoms with van der Waals surface area (Å²) in [5, 5.41) is 13.3. The zero-order chi connectivity index (χ0) is 14.2. The summed E-state index contributed by atoms with van der Waals surface area (Å²) in [6, 6.07) is 5.79. The summed E-state index contributed by atoms with van der Waals surface area (Å²) in [6.07, 6.45) is 5.03. The van der Waals surface area contributed by atoms with Crippen LogP contribution in [0.3, 0.4) is 0 Å². The molecule has 21 heavy (non-hydrogen) atoms. The van der Waals surface area contributed by atoms with Crippen LogP contribution in [-0.4, -0.2) is 28.2 Å². The van der Waals surface area contributed by atoms with Crippen LogP contribution in [0.4, 0.5) is 5.82 Å². The Bertz CT molecular complexity index is 700. The molecule has 2 aromatic heterocycles. The molecule has 2 aliphatic rings. The van der Waals surface area contributed by atoms with Crippen LogP contribution >= 0.6 is 0 Å². The zero-order valence-corrected chi connectivity index (χ0v) is 11.6. The Kier molecular flexibility index (Phi) is 2.85. The smallest absolute Gasteiger partial charge is 0.231 e. The topological polar surface area (TPSA) is 78.8 Å². The molecule has 4 rings (SSSR count). The molecule has 0 unspecified atom stereocenters. The van der Waals surface area contributed by atoms with Crippen LogP contribution in [0.15, 0.2) is 22.9 Å². The third-order valence-electron chi connectivity index (χ3n) is 4.14. The van der Waals surface area contributed by atoms with Gasteiger partial charge in [-0.3, -0.25) is 0 Å². The van der Waals surface area contributed by atoms with Gasteiger partial charge in [0.15, 0.2) is 5.82 Å². The predicted molar refractivity (Wildman–Crippen MR) is 74.8 cm³/mol. The SMILES string of the molecule is N#Cc1cccnc1N1CC[C@@H](c2nc(C3CC3)no2)C1. The molecular formula is C15H15N5O. The highest BCUT2D eigenvalue weighted by Gasteiger charge is 2.33. The van der Waals surface area contributed by atoms with Gasteiger partial charge in [-0.05, 0) is 31.4 Å². The van der Waals surface area contributed by atoms with Crippen LogP contribution in [-0.2, 0) is 0 Å². The fourth-order valence-corrected chi connectivity index (χ4v) is 2.81. The third-order valence-corrected chi connectivity index (χ3v) is 4.14. The first kappa shape index (κ1) is 12.3. The quantitative estimate of drug-likeness (QED) is 0.858. The van der Waals surface area contributed by atoms with Crippen molar-refractivity contribution in [3.05, 3.63) is 35.6 Å². The van der Waals surface area contributed by atoms with Crippen molar-refractivity contribution < 1.29 is 4.52 Å². The van der Waals surface area contributed by atoms with Gasteiger partial charge in [-0.25, -0.2) is 4.98 Å². The number of aromatic nitrogens is 3. The number of hydrogen-bond acceptors (Lipinski definition) is 6. The number of nitriles is 1. The van der Waals surface area contributed by atoms with E-state index in [4.69, 9.17) is 4.52 Å². The molecule has 0 radical (unpaired) electrons. The summed E-state index contributed by atoms with van der Waals surface area (Å²) < 4.78 is 5.42. The van der Waals surface area contributed by atoms with Crippen molar-refractivity contribution in [3.8, 4) is 6.07 Å². The maximum absolute atomic E-state index is 9.18. The van der Waals surface area contributed by atoms with Crippen molar-refractivity contribution in [2.45, 2.75) is 31.1 Å². The predicted octanol–water partition coefficient (Wildman–Crippen LogP) is 2.21. The second-order valence-corrected chi connectivity index (χ2v) is 5.68. The molecule has 6 nitrogen and oxygen atoms in total. The minimum atomic E-state index is 0.235. The Morgan fingerprint density at radius 2 is 2.19 bits per heavy atom. The third kappa shape index (κ3) is 2.25. The van der Waals surface area contributed by atoms with Gasteiger partial charge in [-0.1, -0.05) is 5.16 Å². The Balaban J connectivity index is 1.52. The Morgan fingerprint density at radius 1 is 1.29 bits per heavy atom. The van der Waals surface area contributed by atoms with Crippen molar-refractivity contribution in [1.29, 1.82) is 5.26 Å². The van der Waals surface area contributed by atoms with E-state index in [1.54, 1.807) is 18.3 Å². The van der Waals surface area contributed by atoms with Gasteiger partial charge >= 0.3 is 0 Å². The lowest BCUT2D eigenvalue weighted by atomic mass is 10.1. The van der Waals surface area contributed by atoms with E-state index < -0.39 is 0 Å². The molecule has 0 aromatic carbocycles. The van der Waals surface area contributed by atoms with E-state index >= 15 is 0 Å². The maximum atomic E-state index is 9.18. The molecule has 0 N–H and O–H groups in total. The van der Waals surface area contributed by atoms with Gasteiger partial charge in [0.05, 0.1) is 11.5 Å². The molecule has 1 aliphatic heterocycles. The monoisotopic (exact) mass is 281 g/mol. The van der Waals surface area contributed by atoms with E-state index in [1.165, 1.54) is 12.8 Å². The Hall–Kier alpha value is -2.42. The van der Waals surface area contributed by atoms with E-state index in [-0.39, 0.29) is 5.92 Å². The molecule has 2 fully saturated rings. The fraction of sp³-hybridized carbons (Fsp3) is 0.467. The van der Waals surface area contributed by atoms with Crippen molar-refractivity contribution >= 4 is 5.82 Å². The van der Waals surface area contributed by atoms with E-state index in [1.807, 2.05) is 0 Å². The van der Waals surface area contributed by atoms with Crippen molar-refractivity contribution in [1.82, 2.24) is 15.1 Å². The molecule has 1 aliphatic carbocycles. The molecular weight excluding hydrogens is 266 g/mol. The summed E-state index contributed by atoms with van der Waals surface area (Å²) in [5.41, 5.74) is 0.613. The van der Waals surface area contributed by atoms with Gasteiger partial charge in [-0.2, -0.15) is 10.2 Å². The summed E-state index contributed by atoms with van der Waals surface area (Å²) in [6.45, 7) is 1.63. The number of hydrogen-bond donors (Lipinski definition) is 0. The van der Waals surface area contributed by atoms with E-state index in [9.17, 15) is 5.26 Å². The maximum Gasteiger partial charge on any atom is 0.231 e. The van der Waals surface area contributed by atoms with E-state index in [2.05, 4.69) is 26.1 Å². The standard InChI is InChI=1S/C15H15N5O/c16-8-11-2-1-6-17-14(11)20-7-5-12(9-20)15-18-13(19-21-15)10-3-4-10/h1-2,6,10,12H,3-5,7,9H2/t12-/m1/s1. The van der Waals surface area contributed by atoms with Crippen LogP contribution < -0.4 is 4.90 Å². The average Bonchev–Trinajstić information content (AvgIpc) is 3.07. The van der Waals surface area contributed by atoms with Crippen LogP contribution in [0.2, 0.25) is 0 Å². The zero-order valence-electron chi connectivity index (χ0n) is 11.6. The van der Waals surface area contributed by atoms with Crippen molar-refractivity contribution in [2.24, 2.45) is 0 Å². The minimum Gasteiger partial charge on any atom is -0.355 e. The van der Waals surface area contributed by atoms with Crippen molar-refractivity contribution in [3.63, 3.8) is 0 Å². The van der Waals surface area contributed by atoms with Crippen LogP contribution in [0.5, 0.6) is 0 Å². The summed E-state index contributed by atoms with van der Waals surface area (Å²) >= 11 is 0. The van der Waals surface area contributed by atoms with Gasteiger partial charge in [0.2, 0.25) is 5.89 Å². The summed E-state index contributed by atoms with van der Waals surface area (Å²) in [5.74, 6) is 3.09. The van der Waals surface area contributed by atoms with Gasteiger partial charge in [0, 0.05) is 25.2 Å². The molecule has 0 bridgehead atoms. The summed E-state index contributed by atoms with van der Waals surface area (Å²) in [4.78, 5) is 11.0. The Morgan fingerprint density at radius 3 is 3.00 bits per heavy atom. The van der Waals surface area contributed by atoms with E-state index in [0.29, 0.717) is 11.5 Å². The van der Waals surface area contributed by atoms with Crippen molar-refractivity contribution in [2.75, 3.05) is 18.0 Å². The van der Waals surface area contributed by atoms with Crippen LogP contribution in [0.25, 0.3) is 0 Å². The van der Waals surface area contributed by atoms with Gasteiger partial charge in [-0.15, -0.1) is 0 Å². The molecule has 0 amide bonds. The molecule has 1 atom stereocenters. The van der Waals surface area contributed by atoms with E-state index in [0.717, 1.165) is 37.0 Å². The number of pyridine rings is 1. The number of rotatable bonds is 3. The average molecular weight is 281 g/mol. The lowest BCUT2D eigenvalue weighted by molar-refractivity contribution is 0.355. The van der Waals surface area contributed by atoms with Gasteiger partial charge in [0.25, 0.3) is 0 Å². The highest BCUT2D eigenvalue weighted by molar-refractivity contribution is 5.54. The highest BCUT2D eigenvalue weighted by atomic mass is 16.5. The molecule has 1 saturated heterocycles. The lowest BCUT2D eigenvalue weighted by Gasteiger charge is -2.17.